The summed E-state index contributed by atoms with van der Waals surface area (Å²) >= 11 is 6.51. The number of benzene rings is 1. The maximum absolute atomic E-state index is 13.4. The monoisotopic (exact) mass is 322 g/mol. The first-order chi connectivity index (χ1) is 9.42. The summed E-state index contributed by atoms with van der Waals surface area (Å²) in [6.07, 6.45) is 0. The van der Waals surface area contributed by atoms with Gasteiger partial charge in [-0.05, 0) is 0 Å². The zero-order chi connectivity index (χ0) is 14.9. The SMILES string of the molecule is COC(=O)c1sc(Nc2cc(F)c(F)cc2F)nc1Cl. The van der Waals surface area contributed by atoms with E-state index < -0.39 is 23.4 Å². The number of nitrogens with zero attached hydrogens (tertiary/aromatic N) is 1. The molecule has 20 heavy (non-hydrogen) atoms. The summed E-state index contributed by atoms with van der Waals surface area (Å²) in [6, 6.07) is 1.03. The Hall–Kier alpha value is -1.80. The Balaban J connectivity index is 2.31. The van der Waals surface area contributed by atoms with Crippen molar-refractivity contribution in [2.45, 2.75) is 0 Å². The van der Waals surface area contributed by atoms with Crippen molar-refractivity contribution in [2.75, 3.05) is 12.4 Å². The Morgan fingerprint density at radius 1 is 1.30 bits per heavy atom. The highest BCUT2D eigenvalue weighted by atomic mass is 35.5. The van der Waals surface area contributed by atoms with Gasteiger partial charge in [0.05, 0.1) is 12.8 Å². The van der Waals surface area contributed by atoms with Crippen LogP contribution in [-0.4, -0.2) is 18.1 Å². The highest BCUT2D eigenvalue weighted by Gasteiger charge is 2.18. The van der Waals surface area contributed by atoms with Crippen LogP contribution in [-0.2, 0) is 4.74 Å². The average molecular weight is 323 g/mol. The number of anilines is 2. The highest BCUT2D eigenvalue weighted by Crippen LogP contribution is 2.31. The predicted octanol–water partition coefficient (Wildman–Crippen LogP) is 3.74. The van der Waals surface area contributed by atoms with Crippen LogP contribution in [0.25, 0.3) is 0 Å². The number of carbonyl (C=O) groups is 1. The lowest BCUT2D eigenvalue weighted by molar-refractivity contribution is 0.0606. The van der Waals surface area contributed by atoms with Gasteiger partial charge >= 0.3 is 5.97 Å². The van der Waals surface area contributed by atoms with Crippen LogP contribution in [0.3, 0.4) is 0 Å². The van der Waals surface area contributed by atoms with Crippen molar-refractivity contribution in [1.29, 1.82) is 0 Å². The smallest absolute Gasteiger partial charge is 0.351 e. The molecule has 0 atom stereocenters. The third-order valence-electron chi connectivity index (χ3n) is 2.21. The first-order valence-electron chi connectivity index (χ1n) is 5.08. The number of aromatic nitrogens is 1. The van der Waals surface area contributed by atoms with Crippen LogP contribution < -0.4 is 5.32 Å². The number of methoxy groups -OCH3 is 1. The first kappa shape index (κ1) is 14.6. The van der Waals surface area contributed by atoms with E-state index in [9.17, 15) is 18.0 Å². The van der Waals surface area contributed by atoms with Crippen molar-refractivity contribution in [1.82, 2.24) is 4.98 Å². The zero-order valence-electron chi connectivity index (χ0n) is 9.84. The Labute approximate surface area is 120 Å². The van der Waals surface area contributed by atoms with Crippen molar-refractivity contribution in [3.05, 3.63) is 39.6 Å². The molecule has 0 amide bonds. The zero-order valence-corrected chi connectivity index (χ0v) is 11.4. The third-order valence-corrected chi connectivity index (χ3v) is 3.54. The molecular weight excluding hydrogens is 317 g/mol. The molecule has 0 aliphatic heterocycles. The number of rotatable bonds is 3. The minimum Gasteiger partial charge on any atom is -0.465 e. The number of carbonyl (C=O) groups excluding carboxylic acids is 1. The minimum absolute atomic E-state index is 0.0136. The molecule has 0 saturated carbocycles. The highest BCUT2D eigenvalue weighted by molar-refractivity contribution is 7.18. The number of thiazole rings is 1. The number of nitrogens with one attached hydrogen (secondary N) is 1. The Morgan fingerprint density at radius 2 is 1.95 bits per heavy atom. The van der Waals surface area contributed by atoms with Gasteiger partial charge in [0.2, 0.25) is 0 Å². The van der Waals surface area contributed by atoms with Crippen molar-refractivity contribution in [3.8, 4) is 0 Å². The van der Waals surface area contributed by atoms with Crippen LogP contribution >= 0.6 is 22.9 Å². The molecule has 0 aliphatic carbocycles. The molecule has 1 aromatic carbocycles. The van der Waals surface area contributed by atoms with E-state index in [1.165, 1.54) is 7.11 Å². The summed E-state index contributed by atoms with van der Waals surface area (Å²) in [6.45, 7) is 0. The van der Waals surface area contributed by atoms with E-state index in [1.807, 2.05) is 0 Å². The van der Waals surface area contributed by atoms with Crippen LogP contribution in [0.15, 0.2) is 12.1 Å². The molecule has 0 radical (unpaired) electrons. The summed E-state index contributed by atoms with van der Waals surface area (Å²) in [5.74, 6) is -4.23. The van der Waals surface area contributed by atoms with Gasteiger partial charge in [-0.1, -0.05) is 22.9 Å². The number of halogens is 4. The third kappa shape index (κ3) is 2.86. The van der Waals surface area contributed by atoms with E-state index in [1.54, 1.807) is 0 Å². The maximum Gasteiger partial charge on any atom is 0.351 e. The number of hydrogen-bond acceptors (Lipinski definition) is 5. The van der Waals surface area contributed by atoms with Gasteiger partial charge in [0.25, 0.3) is 0 Å². The molecule has 0 bridgehead atoms. The summed E-state index contributed by atoms with van der Waals surface area (Å²) in [5.41, 5.74) is -0.328. The lowest BCUT2D eigenvalue weighted by Crippen LogP contribution is -1.98. The second-order valence-corrected chi connectivity index (χ2v) is 4.86. The summed E-state index contributed by atoms with van der Waals surface area (Å²) in [7, 11) is 1.17. The number of hydrogen-bond donors (Lipinski definition) is 1. The fourth-order valence-corrected chi connectivity index (χ4v) is 2.42. The van der Waals surface area contributed by atoms with Gasteiger partial charge < -0.3 is 10.1 Å². The molecule has 0 aliphatic rings. The van der Waals surface area contributed by atoms with Crippen LogP contribution in [0, 0.1) is 17.5 Å². The second-order valence-electron chi connectivity index (χ2n) is 3.50. The summed E-state index contributed by atoms with van der Waals surface area (Å²) < 4.78 is 43.7. The van der Waals surface area contributed by atoms with Crippen LogP contribution in [0.4, 0.5) is 24.0 Å². The molecule has 9 heteroatoms. The van der Waals surface area contributed by atoms with Crippen molar-refractivity contribution < 1.29 is 22.7 Å². The van der Waals surface area contributed by atoms with Crippen molar-refractivity contribution in [3.63, 3.8) is 0 Å². The van der Waals surface area contributed by atoms with Gasteiger partial charge in [0.1, 0.15) is 5.82 Å². The predicted molar refractivity (Wildman–Crippen MR) is 68.1 cm³/mol. The van der Waals surface area contributed by atoms with E-state index in [0.717, 1.165) is 11.3 Å². The fourth-order valence-electron chi connectivity index (χ4n) is 1.31. The number of esters is 1. The molecule has 4 nitrogen and oxygen atoms in total. The molecule has 1 N–H and O–H groups in total. The lowest BCUT2D eigenvalue weighted by Gasteiger charge is -2.04. The molecule has 2 aromatic rings. The molecule has 2 rings (SSSR count). The van der Waals surface area contributed by atoms with Gasteiger partial charge in [-0.3, -0.25) is 0 Å². The Kier molecular flexibility index (Phi) is 4.15. The normalized spacial score (nSPS) is 10.4. The average Bonchev–Trinajstić information content (AvgIpc) is 2.76. The molecule has 0 unspecified atom stereocenters. The Bertz CT molecular complexity index is 678. The van der Waals surface area contributed by atoms with Crippen LogP contribution in [0.1, 0.15) is 9.67 Å². The van der Waals surface area contributed by atoms with Gasteiger partial charge in [-0.2, -0.15) is 0 Å². The largest absolute Gasteiger partial charge is 0.465 e. The molecule has 0 fully saturated rings. The maximum atomic E-state index is 13.4. The van der Waals surface area contributed by atoms with E-state index in [-0.39, 0.29) is 20.8 Å². The summed E-state index contributed by atoms with van der Waals surface area (Å²) in [5, 5.41) is 2.32. The topological polar surface area (TPSA) is 51.2 Å². The molecule has 1 heterocycles. The molecule has 0 spiro atoms. The summed E-state index contributed by atoms with van der Waals surface area (Å²) in [4.78, 5) is 15.1. The van der Waals surface area contributed by atoms with Crippen molar-refractivity contribution in [2.24, 2.45) is 0 Å². The van der Waals surface area contributed by atoms with Crippen molar-refractivity contribution >= 4 is 39.7 Å². The molecule has 106 valence electrons. The molecule has 1 aromatic heterocycles. The van der Waals surface area contributed by atoms with Gasteiger partial charge in [0.15, 0.2) is 26.8 Å². The number of ether oxygens (including phenoxy) is 1. The van der Waals surface area contributed by atoms with E-state index in [0.29, 0.717) is 12.1 Å². The minimum atomic E-state index is -1.31. The van der Waals surface area contributed by atoms with Gasteiger partial charge in [-0.25, -0.2) is 22.9 Å². The van der Waals surface area contributed by atoms with E-state index >= 15 is 0 Å². The molecule has 0 saturated heterocycles. The van der Waals surface area contributed by atoms with Crippen LogP contribution in [0.5, 0.6) is 0 Å². The molecular formula is C11H6ClF3N2O2S. The Morgan fingerprint density at radius 3 is 2.60 bits per heavy atom. The van der Waals surface area contributed by atoms with Crippen LogP contribution in [0.2, 0.25) is 5.15 Å². The second kappa shape index (κ2) is 5.68. The van der Waals surface area contributed by atoms with E-state index in [2.05, 4.69) is 15.0 Å². The first-order valence-corrected chi connectivity index (χ1v) is 6.28. The van der Waals surface area contributed by atoms with E-state index in [4.69, 9.17) is 11.6 Å². The van der Waals surface area contributed by atoms with Gasteiger partial charge in [0, 0.05) is 12.1 Å². The standard InChI is InChI=1S/C11H6ClF3N2O2S/c1-19-10(18)8-9(12)17-11(20-8)16-7-3-5(14)4(13)2-6(7)15/h2-3H,1H3,(H,16,17). The quantitative estimate of drug-likeness (QED) is 0.691. The lowest BCUT2D eigenvalue weighted by atomic mass is 10.3. The fraction of sp³-hybridized carbons (Fsp3) is 0.0909. The van der Waals surface area contributed by atoms with Gasteiger partial charge in [-0.15, -0.1) is 0 Å².